The molecule has 0 bridgehead atoms. The molecule has 2 fully saturated rings. The fourth-order valence-electron chi connectivity index (χ4n) is 5.01. The molecule has 144 valence electrons. The van der Waals surface area contributed by atoms with Gasteiger partial charge in [0.25, 0.3) is 0 Å². The molecule has 0 atom stereocenters. The summed E-state index contributed by atoms with van der Waals surface area (Å²) in [6.07, 6.45) is 2.85. The van der Waals surface area contributed by atoms with E-state index in [-0.39, 0.29) is 23.6 Å². The summed E-state index contributed by atoms with van der Waals surface area (Å²) >= 11 is 0. The molecule has 27 heavy (non-hydrogen) atoms. The Bertz CT molecular complexity index is 775. The summed E-state index contributed by atoms with van der Waals surface area (Å²) in [7, 11) is 1.84. The lowest BCUT2D eigenvalue weighted by atomic mass is 9.73. The highest BCUT2D eigenvalue weighted by Gasteiger charge is 2.51. The van der Waals surface area contributed by atoms with Crippen molar-refractivity contribution in [1.29, 1.82) is 0 Å². The van der Waals surface area contributed by atoms with E-state index in [0.29, 0.717) is 39.0 Å². The predicted molar refractivity (Wildman–Crippen MR) is 102 cm³/mol. The molecular weight excluding hydrogens is 342 g/mol. The summed E-state index contributed by atoms with van der Waals surface area (Å²) in [5, 5.41) is 0. The van der Waals surface area contributed by atoms with Crippen LogP contribution in [0.1, 0.15) is 38.2 Å². The number of fused-ring (bicyclic) bond motifs is 2. The van der Waals surface area contributed by atoms with Crippen molar-refractivity contribution in [1.82, 2.24) is 9.80 Å². The number of hydrogen-bond donors (Lipinski definition) is 0. The number of likely N-dealkylation sites (tertiary alicyclic amines) is 2. The molecule has 6 heteroatoms. The van der Waals surface area contributed by atoms with Crippen molar-refractivity contribution in [2.24, 2.45) is 5.92 Å². The first kappa shape index (κ1) is 18.0. The zero-order chi connectivity index (χ0) is 19.2. The van der Waals surface area contributed by atoms with Gasteiger partial charge in [-0.05, 0) is 37.3 Å². The summed E-state index contributed by atoms with van der Waals surface area (Å²) in [6, 6.07) is 8.02. The van der Waals surface area contributed by atoms with Gasteiger partial charge in [-0.15, -0.1) is 0 Å². The smallest absolute Gasteiger partial charge is 0.237 e. The molecule has 3 heterocycles. The predicted octanol–water partition coefficient (Wildman–Crippen LogP) is 1.78. The van der Waals surface area contributed by atoms with E-state index in [1.165, 1.54) is 0 Å². The summed E-state index contributed by atoms with van der Waals surface area (Å²) in [5.41, 5.74) is 1.64. The van der Waals surface area contributed by atoms with Crippen molar-refractivity contribution >= 4 is 23.4 Å². The van der Waals surface area contributed by atoms with Crippen molar-refractivity contribution in [3.05, 3.63) is 29.8 Å². The van der Waals surface area contributed by atoms with Crippen LogP contribution in [-0.2, 0) is 19.8 Å². The average molecular weight is 369 g/mol. The average Bonchev–Trinajstić information content (AvgIpc) is 2.91. The van der Waals surface area contributed by atoms with Crippen LogP contribution in [0.4, 0.5) is 5.69 Å². The third kappa shape index (κ3) is 2.82. The lowest BCUT2D eigenvalue weighted by molar-refractivity contribution is -0.142. The van der Waals surface area contributed by atoms with Gasteiger partial charge in [-0.3, -0.25) is 14.4 Å². The Morgan fingerprint density at radius 3 is 2.26 bits per heavy atom. The second-order valence-electron chi connectivity index (χ2n) is 8.07. The molecule has 4 rings (SSSR count). The summed E-state index contributed by atoms with van der Waals surface area (Å²) < 4.78 is 0. The van der Waals surface area contributed by atoms with Crippen molar-refractivity contribution < 1.29 is 14.4 Å². The first-order valence-electron chi connectivity index (χ1n) is 9.86. The molecule has 3 amide bonds. The van der Waals surface area contributed by atoms with Crippen LogP contribution in [0.2, 0.25) is 0 Å². The molecule has 0 aromatic heterocycles. The summed E-state index contributed by atoms with van der Waals surface area (Å²) in [6.45, 7) is 4.17. The lowest BCUT2D eigenvalue weighted by Gasteiger charge is -2.40. The third-order valence-electron chi connectivity index (χ3n) is 6.71. The Balaban J connectivity index is 1.43. The number of benzene rings is 1. The topological polar surface area (TPSA) is 60.9 Å². The normalized spacial score (nSPS) is 22.3. The van der Waals surface area contributed by atoms with Crippen molar-refractivity contribution in [2.75, 3.05) is 38.1 Å². The molecule has 6 nitrogen and oxygen atoms in total. The molecule has 3 aliphatic heterocycles. The highest BCUT2D eigenvalue weighted by atomic mass is 16.2. The van der Waals surface area contributed by atoms with E-state index in [4.69, 9.17) is 0 Å². The summed E-state index contributed by atoms with van der Waals surface area (Å²) in [5.74, 6) is 0.443. The van der Waals surface area contributed by atoms with E-state index in [2.05, 4.69) is 6.07 Å². The number of para-hydroxylation sites is 1. The summed E-state index contributed by atoms with van der Waals surface area (Å²) in [4.78, 5) is 43.0. The maximum absolute atomic E-state index is 13.0. The van der Waals surface area contributed by atoms with E-state index in [1.807, 2.05) is 35.0 Å². The van der Waals surface area contributed by atoms with Gasteiger partial charge in [0.2, 0.25) is 17.7 Å². The van der Waals surface area contributed by atoms with Crippen LogP contribution in [0.3, 0.4) is 0 Å². The molecule has 0 aliphatic carbocycles. The molecule has 1 aromatic rings. The second-order valence-corrected chi connectivity index (χ2v) is 8.07. The molecule has 2 saturated heterocycles. The Labute approximate surface area is 160 Å². The van der Waals surface area contributed by atoms with Crippen LogP contribution < -0.4 is 4.90 Å². The fraction of sp³-hybridized carbons (Fsp3) is 0.571. The number of hydrogen-bond acceptors (Lipinski definition) is 3. The molecule has 3 aliphatic rings. The highest BCUT2D eigenvalue weighted by Crippen LogP contribution is 2.47. The van der Waals surface area contributed by atoms with Gasteiger partial charge < -0.3 is 14.7 Å². The number of rotatable bonds is 1. The Hall–Kier alpha value is -2.37. The zero-order valence-corrected chi connectivity index (χ0v) is 16.1. The number of anilines is 1. The minimum atomic E-state index is -0.472. The van der Waals surface area contributed by atoms with Gasteiger partial charge in [-0.25, -0.2) is 0 Å². The van der Waals surface area contributed by atoms with E-state index >= 15 is 0 Å². The Morgan fingerprint density at radius 1 is 1.00 bits per heavy atom. The highest BCUT2D eigenvalue weighted by molar-refractivity contribution is 6.08. The molecule has 0 radical (unpaired) electrons. The maximum Gasteiger partial charge on any atom is 0.237 e. The van der Waals surface area contributed by atoms with E-state index in [1.54, 1.807) is 11.8 Å². The minimum Gasteiger partial charge on any atom is -0.343 e. The van der Waals surface area contributed by atoms with E-state index in [0.717, 1.165) is 24.1 Å². The van der Waals surface area contributed by atoms with E-state index < -0.39 is 5.41 Å². The number of carbonyl (C=O) groups is 3. The fourth-order valence-corrected chi connectivity index (χ4v) is 5.01. The number of piperidine rings is 2. The van der Waals surface area contributed by atoms with Crippen molar-refractivity contribution in [3.63, 3.8) is 0 Å². The van der Waals surface area contributed by atoms with Gasteiger partial charge in [-0.2, -0.15) is 0 Å². The van der Waals surface area contributed by atoms with E-state index in [9.17, 15) is 14.4 Å². The van der Waals surface area contributed by atoms with Crippen LogP contribution >= 0.6 is 0 Å². The van der Waals surface area contributed by atoms with Gasteiger partial charge in [-0.1, -0.05) is 18.2 Å². The van der Waals surface area contributed by atoms with Gasteiger partial charge >= 0.3 is 0 Å². The van der Waals surface area contributed by atoms with Gasteiger partial charge in [0.15, 0.2) is 0 Å². The van der Waals surface area contributed by atoms with Crippen LogP contribution in [0.25, 0.3) is 0 Å². The van der Waals surface area contributed by atoms with Crippen LogP contribution in [0, 0.1) is 5.92 Å². The van der Waals surface area contributed by atoms with Crippen molar-refractivity contribution in [2.45, 2.75) is 38.0 Å². The first-order valence-corrected chi connectivity index (χ1v) is 9.86. The number of likely N-dealkylation sites (N-methyl/N-ethyl adjacent to an activating group) is 1. The lowest BCUT2D eigenvalue weighted by Crippen LogP contribution is -2.51. The second kappa shape index (κ2) is 6.66. The van der Waals surface area contributed by atoms with Crippen LogP contribution in [-0.4, -0.2) is 60.7 Å². The number of nitrogens with zero attached hydrogens (tertiary/aromatic N) is 3. The molecule has 0 unspecified atom stereocenters. The Kier molecular flexibility index (Phi) is 4.44. The largest absolute Gasteiger partial charge is 0.343 e. The first-order chi connectivity index (χ1) is 12.9. The minimum absolute atomic E-state index is 0.00360. The SMILES string of the molecule is CC(=O)N1CCC(C(=O)N2CCC3(CC2)C(=O)N(C)c2ccccc23)CC1. The van der Waals surface area contributed by atoms with Crippen LogP contribution in [0.5, 0.6) is 0 Å². The van der Waals surface area contributed by atoms with Gasteiger partial charge in [0.1, 0.15) is 0 Å². The molecule has 0 N–H and O–H groups in total. The number of amides is 3. The molecule has 1 aromatic carbocycles. The molecule has 0 saturated carbocycles. The van der Waals surface area contributed by atoms with Crippen LogP contribution in [0.15, 0.2) is 24.3 Å². The third-order valence-corrected chi connectivity index (χ3v) is 6.71. The van der Waals surface area contributed by atoms with Gasteiger partial charge in [0, 0.05) is 51.8 Å². The standard InChI is InChI=1S/C21H27N3O3/c1-15(25)23-11-7-16(8-12-23)19(26)24-13-9-21(10-14-24)17-5-3-4-6-18(17)22(2)20(21)27/h3-6,16H,7-14H2,1-2H3. The number of carbonyl (C=O) groups excluding carboxylic acids is 3. The molecular formula is C21H27N3O3. The maximum atomic E-state index is 13.0. The quantitative estimate of drug-likeness (QED) is 0.758. The van der Waals surface area contributed by atoms with Gasteiger partial charge in [0.05, 0.1) is 5.41 Å². The zero-order valence-electron chi connectivity index (χ0n) is 16.1. The Morgan fingerprint density at radius 2 is 1.63 bits per heavy atom. The van der Waals surface area contributed by atoms with Crippen molar-refractivity contribution in [3.8, 4) is 0 Å². The monoisotopic (exact) mass is 369 g/mol. The molecule has 1 spiro atoms.